The van der Waals surface area contributed by atoms with Gasteiger partial charge in [-0.3, -0.25) is 14.5 Å². The number of fused-ring (bicyclic) bond motifs is 1. The molecule has 37 heavy (non-hydrogen) atoms. The topological polar surface area (TPSA) is 89.0 Å². The number of aryl methyl sites for hydroxylation is 1. The van der Waals surface area contributed by atoms with E-state index >= 15 is 0 Å². The fourth-order valence-corrected chi connectivity index (χ4v) is 5.60. The summed E-state index contributed by atoms with van der Waals surface area (Å²) in [6.07, 6.45) is 0. The molecule has 1 atom stereocenters. The van der Waals surface area contributed by atoms with Crippen LogP contribution in [0, 0.1) is 6.92 Å². The predicted octanol–water partition coefficient (Wildman–Crippen LogP) is 6.29. The minimum Gasteiger partial charge on any atom is -0.507 e. The lowest BCUT2D eigenvalue weighted by Gasteiger charge is -2.24. The van der Waals surface area contributed by atoms with E-state index in [2.05, 4.69) is 4.98 Å². The number of carbonyl (C=O) groups is 2. The summed E-state index contributed by atoms with van der Waals surface area (Å²) in [7, 11) is 1.52. The Morgan fingerprint density at radius 3 is 2.54 bits per heavy atom. The van der Waals surface area contributed by atoms with Gasteiger partial charge in [0.2, 0.25) is 0 Å². The first-order valence-corrected chi connectivity index (χ1v) is 12.8. The molecule has 188 valence electrons. The minimum absolute atomic E-state index is 0.0302. The largest absolute Gasteiger partial charge is 0.507 e. The third-order valence-corrected chi connectivity index (χ3v) is 7.37. The van der Waals surface area contributed by atoms with Gasteiger partial charge in [0, 0.05) is 10.6 Å². The number of amides is 1. The van der Waals surface area contributed by atoms with Crippen molar-refractivity contribution in [2.24, 2.45) is 0 Å². The van der Waals surface area contributed by atoms with Crippen molar-refractivity contribution in [3.63, 3.8) is 0 Å². The van der Waals surface area contributed by atoms with Crippen LogP contribution < -0.4 is 14.4 Å². The van der Waals surface area contributed by atoms with E-state index < -0.39 is 17.7 Å². The molecule has 5 rings (SSSR count). The number of ether oxygens (including phenoxy) is 2. The maximum absolute atomic E-state index is 13.5. The number of anilines is 1. The Balaban J connectivity index is 1.73. The van der Waals surface area contributed by atoms with Crippen molar-refractivity contribution in [1.82, 2.24) is 4.98 Å². The number of aliphatic hydroxyl groups excluding tert-OH is 1. The van der Waals surface area contributed by atoms with E-state index in [1.807, 2.05) is 26.0 Å². The Kier molecular flexibility index (Phi) is 6.62. The number of hydrogen-bond donors (Lipinski definition) is 1. The average Bonchev–Trinajstić information content (AvgIpc) is 3.42. The summed E-state index contributed by atoms with van der Waals surface area (Å²) in [6.45, 7) is 4.23. The van der Waals surface area contributed by atoms with Crippen molar-refractivity contribution in [3.8, 4) is 11.5 Å². The van der Waals surface area contributed by atoms with Gasteiger partial charge in [-0.2, -0.15) is 0 Å². The second-order valence-electron chi connectivity index (χ2n) is 8.49. The Morgan fingerprint density at radius 1 is 1.08 bits per heavy atom. The number of halogens is 1. The van der Waals surface area contributed by atoms with Crippen molar-refractivity contribution >= 4 is 55.7 Å². The fourth-order valence-electron chi connectivity index (χ4n) is 4.33. The van der Waals surface area contributed by atoms with Crippen LogP contribution in [-0.4, -0.2) is 35.5 Å². The smallest absolute Gasteiger partial charge is 0.301 e. The first-order valence-electron chi connectivity index (χ1n) is 11.6. The van der Waals surface area contributed by atoms with Crippen LogP contribution in [0.15, 0.2) is 66.2 Å². The van der Waals surface area contributed by atoms with Gasteiger partial charge in [-0.05, 0) is 49.7 Å². The van der Waals surface area contributed by atoms with Crippen molar-refractivity contribution in [2.75, 3.05) is 18.6 Å². The third-order valence-electron chi connectivity index (χ3n) is 6.12. The lowest BCUT2D eigenvalue weighted by Crippen LogP contribution is -2.29. The number of nitrogens with zero attached hydrogens (tertiary/aromatic N) is 2. The van der Waals surface area contributed by atoms with E-state index in [4.69, 9.17) is 21.1 Å². The number of aromatic nitrogens is 1. The van der Waals surface area contributed by atoms with Crippen LogP contribution in [0.5, 0.6) is 11.5 Å². The SMILES string of the molecule is CCOc1ccc(C2/C(=C(\O)c3ccc(C)cc3)C(=O)C(=O)N2c2nc3ccc(Cl)cc3s2)cc1OC. The standard InChI is InChI=1S/C28H23ClN2O5S/c1-4-36-20-12-9-17(13-21(20)35-3)24-23(25(32)16-7-5-15(2)6-8-16)26(33)27(34)31(24)28-30-19-11-10-18(29)14-22(19)37-28/h5-14,24,32H,4H2,1-3H3/b25-23+. The van der Waals surface area contributed by atoms with Gasteiger partial charge in [-0.15, -0.1) is 0 Å². The Morgan fingerprint density at radius 2 is 1.84 bits per heavy atom. The summed E-state index contributed by atoms with van der Waals surface area (Å²) >= 11 is 7.40. The highest BCUT2D eigenvalue weighted by Gasteiger charge is 2.48. The summed E-state index contributed by atoms with van der Waals surface area (Å²) in [5, 5.41) is 12.2. The van der Waals surface area contributed by atoms with Crippen molar-refractivity contribution in [3.05, 3.63) is 87.9 Å². The highest BCUT2D eigenvalue weighted by Crippen LogP contribution is 2.46. The Hall–Kier alpha value is -3.88. The molecule has 0 saturated carbocycles. The zero-order valence-electron chi connectivity index (χ0n) is 20.3. The minimum atomic E-state index is -0.943. The number of Topliss-reactive ketones (excluding diaryl/α,β-unsaturated/α-hetero) is 1. The lowest BCUT2D eigenvalue weighted by molar-refractivity contribution is -0.132. The molecule has 9 heteroatoms. The number of ketones is 1. The lowest BCUT2D eigenvalue weighted by atomic mass is 9.95. The van der Waals surface area contributed by atoms with Crippen LogP contribution in [0.3, 0.4) is 0 Å². The van der Waals surface area contributed by atoms with Crippen LogP contribution in [0.1, 0.15) is 29.7 Å². The fraction of sp³-hybridized carbons (Fsp3) is 0.179. The molecular formula is C28H23ClN2O5S. The molecule has 0 aliphatic carbocycles. The number of aliphatic hydroxyl groups is 1. The summed E-state index contributed by atoms with van der Waals surface area (Å²) < 4.78 is 11.9. The number of benzene rings is 3. The van der Waals surface area contributed by atoms with Gasteiger partial charge < -0.3 is 14.6 Å². The molecule has 4 aromatic rings. The quantitative estimate of drug-likeness (QED) is 0.178. The van der Waals surface area contributed by atoms with Crippen LogP contribution in [-0.2, 0) is 9.59 Å². The van der Waals surface area contributed by atoms with Gasteiger partial charge >= 0.3 is 5.91 Å². The van der Waals surface area contributed by atoms with E-state index in [1.165, 1.54) is 23.3 Å². The summed E-state index contributed by atoms with van der Waals surface area (Å²) in [5.41, 5.74) is 2.61. The molecule has 0 spiro atoms. The zero-order chi connectivity index (χ0) is 26.3. The van der Waals surface area contributed by atoms with E-state index in [0.717, 1.165) is 10.3 Å². The highest BCUT2D eigenvalue weighted by atomic mass is 35.5. The Labute approximate surface area is 222 Å². The van der Waals surface area contributed by atoms with Gasteiger partial charge in [0.15, 0.2) is 16.6 Å². The van der Waals surface area contributed by atoms with Gasteiger partial charge in [0.1, 0.15) is 5.76 Å². The third kappa shape index (κ3) is 4.43. The molecule has 1 saturated heterocycles. The molecule has 0 bridgehead atoms. The van der Waals surface area contributed by atoms with E-state index in [0.29, 0.717) is 44.9 Å². The predicted molar refractivity (Wildman–Crippen MR) is 145 cm³/mol. The normalized spacial score (nSPS) is 17.0. The van der Waals surface area contributed by atoms with Crippen LogP contribution in [0.2, 0.25) is 5.02 Å². The number of rotatable bonds is 6. The molecular weight excluding hydrogens is 512 g/mol. The molecule has 1 unspecified atom stereocenters. The van der Waals surface area contributed by atoms with Gasteiger partial charge in [-0.1, -0.05) is 58.8 Å². The Bertz CT molecular complexity index is 1560. The van der Waals surface area contributed by atoms with Crippen molar-refractivity contribution in [2.45, 2.75) is 19.9 Å². The van der Waals surface area contributed by atoms with E-state index in [1.54, 1.807) is 48.5 Å². The second-order valence-corrected chi connectivity index (χ2v) is 9.93. The van der Waals surface area contributed by atoms with Crippen molar-refractivity contribution < 1.29 is 24.2 Å². The van der Waals surface area contributed by atoms with Crippen LogP contribution >= 0.6 is 22.9 Å². The monoisotopic (exact) mass is 534 g/mol. The zero-order valence-corrected chi connectivity index (χ0v) is 21.9. The maximum atomic E-state index is 13.5. The molecule has 7 nitrogen and oxygen atoms in total. The number of thiazole rings is 1. The molecule has 1 aliphatic heterocycles. The molecule has 1 fully saturated rings. The molecule has 2 heterocycles. The number of hydrogen-bond acceptors (Lipinski definition) is 7. The number of carbonyl (C=O) groups excluding carboxylic acids is 2. The van der Waals surface area contributed by atoms with Crippen molar-refractivity contribution in [1.29, 1.82) is 0 Å². The van der Waals surface area contributed by atoms with E-state index in [-0.39, 0.29) is 11.3 Å². The number of methoxy groups -OCH3 is 1. The maximum Gasteiger partial charge on any atom is 0.301 e. The van der Waals surface area contributed by atoms with Crippen LogP contribution in [0.25, 0.3) is 16.0 Å². The molecule has 0 radical (unpaired) electrons. The van der Waals surface area contributed by atoms with Gasteiger partial charge in [0.05, 0.1) is 35.5 Å². The highest BCUT2D eigenvalue weighted by molar-refractivity contribution is 7.22. The molecule has 1 N–H and O–H groups in total. The summed E-state index contributed by atoms with van der Waals surface area (Å²) in [6, 6.07) is 16.6. The first-order chi connectivity index (χ1) is 17.8. The second kappa shape index (κ2) is 9.88. The van der Waals surface area contributed by atoms with E-state index in [9.17, 15) is 14.7 Å². The summed E-state index contributed by atoms with van der Waals surface area (Å²) in [4.78, 5) is 32.9. The molecule has 1 aromatic heterocycles. The summed E-state index contributed by atoms with van der Waals surface area (Å²) in [5.74, 6) is -0.872. The molecule has 3 aromatic carbocycles. The molecule has 1 aliphatic rings. The first kappa shape index (κ1) is 24.8. The van der Waals surface area contributed by atoms with Gasteiger partial charge in [0.25, 0.3) is 5.78 Å². The van der Waals surface area contributed by atoms with Gasteiger partial charge in [-0.25, -0.2) is 4.98 Å². The molecule has 1 amide bonds. The average molecular weight is 535 g/mol. The van der Waals surface area contributed by atoms with Crippen LogP contribution in [0.4, 0.5) is 5.13 Å².